The molecule has 0 aliphatic heterocycles. The summed E-state index contributed by atoms with van der Waals surface area (Å²) in [7, 11) is 0. The Morgan fingerprint density at radius 3 is 1.58 bits per heavy atom. The second kappa shape index (κ2) is 8.67. The van der Waals surface area contributed by atoms with Crippen molar-refractivity contribution in [3.8, 4) is 0 Å². The fraction of sp³-hybridized carbons (Fsp3) is 0.200. The molecule has 0 amide bonds. The van der Waals surface area contributed by atoms with Crippen molar-refractivity contribution in [1.82, 2.24) is 0 Å². The third-order valence-corrected chi connectivity index (χ3v) is 3.29. The van der Waals surface area contributed by atoms with E-state index in [2.05, 4.69) is 0 Å². The third-order valence-electron chi connectivity index (χ3n) is 3.29. The number of hydrogen-bond donors (Lipinski definition) is 0. The molecule has 0 heterocycles. The Kier molecular flexibility index (Phi) is 6.32. The van der Waals surface area contributed by atoms with Crippen LogP contribution in [0.1, 0.15) is 25.0 Å². The van der Waals surface area contributed by atoms with E-state index in [1.807, 2.05) is 36.4 Å². The molecule has 0 saturated carbocycles. The van der Waals surface area contributed by atoms with Crippen molar-refractivity contribution in [1.29, 1.82) is 0 Å². The van der Waals surface area contributed by atoms with Crippen LogP contribution in [0.5, 0.6) is 0 Å². The van der Waals surface area contributed by atoms with E-state index < -0.39 is 0 Å². The highest BCUT2D eigenvalue weighted by Gasteiger charge is 1.99. The molecule has 0 atom stereocenters. The van der Waals surface area contributed by atoms with Crippen LogP contribution in [-0.2, 0) is 19.1 Å². The van der Waals surface area contributed by atoms with Gasteiger partial charge in [0.15, 0.2) is 0 Å². The normalized spacial score (nSPS) is 11.2. The molecule has 2 aromatic rings. The number of esters is 2. The minimum Gasteiger partial charge on any atom is -0.463 e. The van der Waals surface area contributed by atoms with Crippen LogP contribution in [0.4, 0.5) is 0 Å². The first-order chi connectivity index (χ1) is 11.6. The summed E-state index contributed by atoms with van der Waals surface area (Å²) < 4.78 is 9.72. The molecular formula is C20H20O4. The van der Waals surface area contributed by atoms with Crippen LogP contribution in [0.2, 0.25) is 0 Å². The fourth-order valence-electron chi connectivity index (χ4n) is 2.20. The second-order valence-electron chi connectivity index (χ2n) is 5.04. The Bertz CT molecular complexity index is 720. The number of benzene rings is 2. The smallest absolute Gasteiger partial charge is 0.330 e. The van der Waals surface area contributed by atoms with Crippen LogP contribution >= 0.6 is 0 Å². The lowest BCUT2D eigenvalue weighted by atomic mass is 10.0. The van der Waals surface area contributed by atoms with Gasteiger partial charge in [-0.3, -0.25) is 0 Å². The largest absolute Gasteiger partial charge is 0.463 e. The van der Waals surface area contributed by atoms with E-state index in [0.29, 0.717) is 13.2 Å². The molecule has 0 N–H and O–H groups in total. The molecule has 24 heavy (non-hydrogen) atoms. The first kappa shape index (κ1) is 17.5. The monoisotopic (exact) mass is 324 g/mol. The Morgan fingerprint density at radius 1 is 0.792 bits per heavy atom. The topological polar surface area (TPSA) is 52.6 Å². The van der Waals surface area contributed by atoms with Crippen LogP contribution in [-0.4, -0.2) is 25.2 Å². The average Bonchev–Trinajstić information content (AvgIpc) is 2.58. The predicted octanol–water partition coefficient (Wildman–Crippen LogP) is 3.99. The maximum absolute atomic E-state index is 11.3. The summed E-state index contributed by atoms with van der Waals surface area (Å²) in [5.41, 5.74) is 1.84. The summed E-state index contributed by atoms with van der Waals surface area (Å²) in [5, 5.41) is 2.10. The molecule has 124 valence electrons. The van der Waals surface area contributed by atoms with Gasteiger partial charge >= 0.3 is 11.9 Å². The first-order valence-electron chi connectivity index (χ1n) is 7.86. The van der Waals surface area contributed by atoms with E-state index in [1.165, 1.54) is 12.2 Å². The number of carbonyl (C=O) groups is 2. The summed E-state index contributed by atoms with van der Waals surface area (Å²) in [4.78, 5) is 22.7. The average molecular weight is 324 g/mol. The van der Waals surface area contributed by atoms with Gasteiger partial charge in [-0.1, -0.05) is 24.3 Å². The van der Waals surface area contributed by atoms with Gasteiger partial charge in [-0.25, -0.2) is 9.59 Å². The molecule has 0 saturated heterocycles. The van der Waals surface area contributed by atoms with Crippen molar-refractivity contribution in [2.45, 2.75) is 13.8 Å². The van der Waals surface area contributed by atoms with Gasteiger partial charge in [-0.2, -0.15) is 0 Å². The van der Waals surface area contributed by atoms with Crippen LogP contribution in [0.3, 0.4) is 0 Å². The molecular weight excluding hydrogens is 304 g/mol. The first-order valence-corrected chi connectivity index (χ1v) is 7.86. The molecule has 0 spiro atoms. The minimum absolute atomic E-state index is 0.350. The standard InChI is InChI=1S/C20H20O4/c1-3-23-19(21)11-7-15-5-9-18-14-16(6-10-17(18)13-15)8-12-20(22)24-4-2/h5-14H,3-4H2,1-2H3/b11-7+,12-8+. The van der Waals surface area contributed by atoms with Crippen molar-refractivity contribution in [3.63, 3.8) is 0 Å². The van der Waals surface area contributed by atoms with E-state index in [0.717, 1.165) is 21.9 Å². The maximum atomic E-state index is 11.3. The molecule has 0 radical (unpaired) electrons. The van der Waals surface area contributed by atoms with Crippen molar-refractivity contribution >= 4 is 34.9 Å². The molecule has 0 aliphatic rings. The number of hydrogen-bond acceptors (Lipinski definition) is 4. The number of carbonyl (C=O) groups excluding carboxylic acids is 2. The van der Waals surface area contributed by atoms with Crippen LogP contribution in [0.15, 0.2) is 48.6 Å². The van der Waals surface area contributed by atoms with Crippen molar-refractivity contribution in [2.75, 3.05) is 13.2 Å². The number of fused-ring (bicyclic) bond motifs is 1. The van der Waals surface area contributed by atoms with Gasteiger partial charge in [0.1, 0.15) is 0 Å². The minimum atomic E-state index is -0.350. The highest BCUT2D eigenvalue weighted by molar-refractivity contribution is 5.91. The molecule has 4 nitrogen and oxygen atoms in total. The Morgan fingerprint density at radius 2 is 1.21 bits per heavy atom. The van der Waals surface area contributed by atoms with Gasteiger partial charge in [-0.05, 0) is 60.0 Å². The quantitative estimate of drug-likeness (QED) is 0.595. The van der Waals surface area contributed by atoms with Crippen LogP contribution < -0.4 is 0 Å². The lowest BCUT2D eigenvalue weighted by Gasteiger charge is -2.02. The molecule has 0 aliphatic carbocycles. The Hall–Kier alpha value is -2.88. The summed E-state index contributed by atoms with van der Waals surface area (Å²) in [6, 6.07) is 11.8. The molecule has 0 fully saturated rings. The van der Waals surface area contributed by atoms with Gasteiger partial charge in [-0.15, -0.1) is 0 Å². The second-order valence-corrected chi connectivity index (χ2v) is 5.04. The predicted molar refractivity (Wildman–Crippen MR) is 95.3 cm³/mol. The molecule has 0 aromatic heterocycles. The zero-order chi connectivity index (χ0) is 17.4. The summed E-state index contributed by atoms with van der Waals surface area (Å²) in [6.07, 6.45) is 6.29. The van der Waals surface area contributed by atoms with E-state index in [9.17, 15) is 9.59 Å². The van der Waals surface area contributed by atoms with E-state index in [-0.39, 0.29) is 11.9 Å². The lowest BCUT2D eigenvalue weighted by molar-refractivity contribution is -0.138. The molecule has 2 rings (SSSR count). The molecule has 0 bridgehead atoms. The van der Waals surface area contributed by atoms with Crippen LogP contribution in [0, 0.1) is 0 Å². The van der Waals surface area contributed by atoms with Crippen molar-refractivity contribution < 1.29 is 19.1 Å². The van der Waals surface area contributed by atoms with Gasteiger partial charge in [0, 0.05) is 12.2 Å². The number of ether oxygens (including phenoxy) is 2. The zero-order valence-corrected chi connectivity index (χ0v) is 13.8. The van der Waals surface area contributed by atoms with Gasteiger partial charge in [0.05, 0.1) is 13.2 Å². The maximum Gasteiger partial charge on any atom is 0.330 e. The van der Waals surface area contributed by atoms with Crippen molar-refractivity contribution in [3.05, 3.63) is 59.7 Å². The third kappa shape index (κ3) is 5.09. The van der Waals surface area contributed by atoms with Crippen molar-refractivity contribution in [2.24, 2.45) is 0 Å². The van der Waals surface area contributed by atoms with Gasteiger partial charge in [0.2, 0.25) is 0 Å². The SMILES string of the molecule is CCOC(=O)/C=C/c1ccc2cc(/C=C/C(=O)OCC)ccc2c1. The summed E-state index contributed by atoms with van der Waals surface area (Å²) in [5.74, 6) is -0.700. The fourth-order valence-corrected chi connectivity index (χ4v) is 2.20. The Labute approximate surface area is 141 Å². The summed E-state index contributed by atoms with van der Waals surface area (Å²) in [6.45, 7) is 4.28. The zero-order valence-electron chi connectivity index (χ0n) is 13.8. The van der Waals surface area contributed by atoms with E-state index in [1.54, 1.807) is 26.0 Å². The molecule has 2 aromatic carbocycles. The van der Waals surface area contributed by atoms with Gasteiger partial charge in [0.25, 0.3) is 0 Å². The highest BCUT2D eigenvalue weighted by Crippen LogP contribution is 2.19. The van der Waals surface area contributed by atoms with Gasteiger partial charge < -0.3 is 9.47 Å². The molecule has 4 heteroatoms. The lowest BCUT2D eigenvalue weighted by Crippen LogP contribution is -1.98. The summed E-state index contributed by atoms with van der Waals surface area (Å²) >= 11 is 0. The number of rotatable bonds is 6. The Balaban J connectivity index is 2.16. The van der Waals surface area contributed by atoms with Crippen LogP contribution in [0.25, 0.3) is 22.9 Å². The van der Waals surface area contributed by atoms with E-state index in [4.69, 9.17) is 9.47 Å². The van der Waals surface area contributed by atoms with E-state index >= 15 is 0 Å². The highest BCUT2D eigenvalue weighted by atomic mass is 16.5. The molecule has 0 unspecified atom stereocenters.